The van der Waals surface area contributed by atoms with Crippen LogP contribution in [-0.4, -0.2) is 65.8 Å². The number of thiazole rings is 1. The molecule has 0 aliphatic carbocycles. The number of aromatic nitrogens is 1. The number of carbonyl (C=O) groups is 1. The quantitative estimate of drug-likeness (QED) is 0.827. The molecule has 2 N–H and O–H groups in total. The summed E-state index contributed by atoms with van der Waals surface area (Å²) in [7, 11) is 1.70. The molecule has 1 fully saturated rings. The third kappa shape index (κ3) is 5.23. The number of carbonyl (C=O) groups excluding carboxylic acids is 1. The molecule has 0 unspecified atom stereocenters. The zero-order chi connectivity index (χ0) is 15.9. The van der Waals surface area contributed by atoms with Gasteiger partial charge in [-0.15, -0.1) is 11.3 Å². The molecule has 7 heteroatoms. The zero-order valence-corrected chi connectivity index (χ0v) is 14.2. The van der Waals surface area contributed by atoms with Crippen LogP contribution in [0.25, 0.3) is 0 Å². The molecular formula is C15H26N4O2S. The highest BCUT2D eigenvalue weighted by molar-refractivity contribution is 7.09. The average Bonchev–Trinajstić information content (AvgIpc) is 2.91. The second kappa shape index (κ2) is 8.45. The van der Waals surface area contributed by atoms with E-state index >= 15 is 0 Å². The molecule has 1 aliphatic rings. The molecule has 0 spiro atoms. The zero-order valence-electron chi connectivity index (χ0n) is 13.4. The van der Waals surface area contributed by atoms with Gasteiger partial charge < -0.3 is 15.3 Å². The van der Waals surface area contributed by atoms with Gasteiger partial charge in [-0.05, 0) is 38.8 Å². The van der Waals surface area contributed by atoms with E-state index in [1.165, 1.54) is 10.6 Å². The summed E-state index contributed by atoms with van der Waals surface area (Å²) in [5.41, 5.74) is 1.17. The second-order valence-corrected chi connectivity index (χ2v) is 6.97. The van der Waals surface area contributed by atoms with E-state index in [-0.39, 0.29) is 12.6 Å². The van der Waals surface area contributed by atoms with Gasteiger partial charge in [0.1, 0.15) is 0 Å². The van der Waals surface area contributed by atoms with E-state index in [4.69, 9.17) is 5.11 Å². The van der Waals surface area contributed by atoms with Gasteiger partial charge in [0.15, 0.2) is 0 Å². The first-order valence-electron chi connectivity index (χ1n) is 7.81. The molecule has 0 aromatic carbocycles. The van der Waals surface area contributed by atoms with Crippen LogP contribution in [0.5, 0.6) is 0 Å². The van der Waals surface area contributed by atoms with Crippen molar-refractivity contribution in [2.24, 2.45) is 5.92 Å². The molecule has 2 heterocycles. The topological polar surface area (TPSA) is 68.7 Å². The maximum absolute atomic E-state index is 11.8. The number of nitrogens with one attached hydrogen (secondary N) is 1. The van der Waals surface area contributed by atoms with Crippen molar-refractivity contribution in [1.29, 1.82) is 0 Å². The van der Waals surface area contributed by atoms with Gasteiger partial charge in [-0.1, -0.05) is 0 Å². The van der Waals surface area contributed by atoms with E-state index in [0.717, 1.165) is 44.0 Å². The molecule has 1 aromatic heterocycles. The Labute approximate surface area is 136 Å². The maximum atomic E-state index is 11.8. The predicted octanol–water partition coefficient (Wildman–Crippen LogP) is 1.30. The van der Waals surface area contributed by atoms with E-state index in [1.807, 2.05) is 6.92 Å². The van der Waals surface area contributed by atoms with Gasteiger partial charge in [-0.25, -0.2) is 9.78 Å². The fourth-order valence-corrected chi connectivity index (χ4v) is 3.28. The molecule has 124 valence electrons. The molecule has 1 aliphatic heterocycles. The van der Waals surface area contributed by atoms with Gasteiger partial charge in [-0.3, -0.25) is 4.90 Å². The Morgan fingerprint density at radius 3 is 2.86 bits per heavy atom. The lowest BCUT2D eigenvalue weighted by molar-refractivity contribution is 0.166. The number of aliphatic hydroxyl groups is 1. The summed E-state index contributed by atoms with van der Waals surface area (Å²) < 4.78 is 0. The van der Waals surface area contributed by atoms with Gasteiger partial charge in [0.2, 0.25) is 0 Å². The number of aliphatic hydroxyl groups excluding tert-OH is 1. The van der Waals surface area contributed by atoms with Gasteiger partial charge in [0, 0.05) is 32.1 Å². The maximum Gasteiger partial charge on any atom is 0.317 e. The Balaban J connectivity index is 1.65. The van der Waals surface area contributed by atoms with Crippen molar-refractivity contribution in [3.8, 4) is 0 Å². The Kier molecular flexibility index (Phi) is 6.60. The Morgan fingerprint density at radius 1 is 1.55 bits per heavy atom. The van der Waals surface area contributed by atoms with E-state index < -0.39 is 0 Å². The minimum Gasteiger partial charge on any atom is -0.395 e. The summed E-state index contributed by atoms with van der Waals surface area (Å²) >= 11 is 1.70. The molecular weight excluding hydrogens is 300 g/mol. The van der Waals surface area contributed by atoms with Crippen LogP contribution in [0.15, 0.2) is 5.38 Å². The number of nitrogens with zero attached hydrogens (tertiary/aromatic N) is 3. The number of piperidine rings is 1. The number of urea groups is 1. The van der Waals surface area contributed by atoms with Crippen LogP contribution in [0, 0.1) is 12.8 Å². The van der Waals surface area contributed by atoms with E-state index in [9.17, 15) is 4.79 Å². The number of hydrogen-bond acceptors (Lipinski definition) is 5. The van der Waals surface area contributed by atoms with Gasteiger partial charge in [0.05, 0.1) is 17.3 Å². The second-order valence-electron chi connectivity index (χ2n) is 5.91. The number of likely N-dealkylation sites (tertiary alicyclic amines) is 1. The molecule has 0 atom stereocenters. The molecule has 2 rings (SSSR count). The van der Waals surface area contributed by atoms with Crippen LogP contribution in [-0.2, 0) is 6.54 Å². The molecule has 22 heavy (non-hydrogen) atoms. The summed E-state index contributed by atoms with van der Waals surface area (Å²) in [5.74, 6) is 0.542. The highest BCUT2D eigenvalue weighted by Crippen LogP contribution is 2.19. The van der Waals surface area contributed by atoms with Crippen molar-refractivity contribution in [3.63, 3.8) is 0 Å². The number of likely N-dealkylation sites (N-methyl/N-ethyl adjacent to an activating group) is 1. The van der Waals surface area contributed by atoms with Crippen LogP contribution in [0.2, 0.25) is 0 Å². The molecule has 0 radical (unpaired) electrons. The lowest BCUT2D eigenvalue weighted by Gasteiger charge is -2.31. The van der Waals surface area contributed by atoms with Crippen molar-refractivity contribution < 1.29 is 9.90 Å². The summed E-state index contributed by atoms with van der Waals surface area (Å²) in [4.78, 5) is 20.2. The monoisotopic (exact) mass is 326 g/mol. The Bertz CT molecular complexity index is 472. The SMILES string of the molecule is Cc1nc(CN2CCC(CNC(=O)N(C)CCO)CC2)cs1. The molecule has 2 amide bonds. The normalized spacial score (nSPS) is 16.7. The first-order valence-corrected chi connectivity index (χ1v) is 8.69. The van der Waals surface area contributed by atoms with Gasteiger partial charge in [-0.2, -0.15) is 0 Å². The third-order valence-corrected chi connectivity index (χ3v) is 4.91. The van der Waals surface area contributed by atoms with E-state index in [1.54, 1.807) is 18.4 Å². The fraction of sp³-hybridized carbons (Fsp3) is 0.733. The van der Waals surface area contributed by atoms with Crippen LogP contribution >= 0.6 is 11.3 Å². The molecule has 0 saturated carbocycles. The Morgan fingerprint density at radius 2 is 2.27 bits per heavy atom. The number of amides is 2. The number of rotatable bonds is 6. The minimum atomic E-state index is -0.102. The van der Waals surface area contributed by atoms with Crippen molar-refractivity contribution >= 4 is 17.4 Å². The van der Waals surface area contributed by atoms with Crippen LogP contribution in [0.3, 0.4) is 0 Å². The highest BCUT2D eigenvalue weighted by atomic mass is 32.1. The molecule has 1 aromatic rings. The predicted molar refractivity (Wildman–Crippen MR) is 88.0 cm³/mol. The van der Waals surface area contributed by atoms with E-state index in [0.29, 0.717) is 12.5 Å². The van der Waals surface area contributed by atoms with Gasteiger partial charge in [0.25, 0.3) is 0 Å². The summed E-state index contributed by atoms with van der Waals surface area (Å²) in [6.45, 7) is 6.18. The standard InChI is InChI=1S/C15H26N4O2S/c1-12-17-14(11-22-12)10-19-5-3-13(4-6-19)9-16-15(21)18(2)7-8-20/h11,13,20H,3-10H2,1-2H3,(H,16,21). The number of hydrogen-bond donors (Lipinski definition) is 2. The third-order valence-electron chi connectivity index (χ3n) is 4.08. The van der Waals surface area contributed by atoms with Crippen molar-refractivity contribution in [2.45, 2.75) is 26.3 Å². The Hall–Kier alpha value is -1.18. The largest absolute Gasteiger partial charge is 0.395 e. The highest BCUT2D eigenvalue weighted by Gasteiger charge is 2.20. The molecule has 1 saturated heterocycles. The lowest BCUT2D eigenvalue weighted by atomic mass is 9.97. The summed E-state index contributed by atoms with van der Waals surface area (Å²) in [6, 6.07) is -0.102. The summed E-state index contributed by atoms with van der Waals surface area (Å²) in [5, 5.41) is 15.0. The first-order chi connectivity index (χ1) is 10.6. The van der Waals surface area contributed by atoms with Crippen molar-refractivity contribution in [3.05, 3.63) is 16.1 Å². The van der Waals surface area contributed by atoms with Crippen LogP contribution in [0.1, 0.15) is 23.5 Å². The lowest BCUT2D eigenvalue weighted by Crippen LogP contribution is -2.43. The van der Waals surface area contributed by atoms with Crippen LogP contribution < -0.4 is 5.32 Å². The van der Waals surface area contributed by atoms with Crippen molar-refractivity contribution in [1.82, 2.24) is 20.1 Å². The fourth-order valence-electron chi connectivity index (χ4n) is 2.68. The smallest absolute Gasteiger partial charge is 0.317 e. The molecule has 6 nitrogen and oxygen atoms in total. The van der Waals surface area contributed by atoms with Crippen molar-refractivity contribution in [2.75, 3.05) is 39.8 Å². The summed E-state index contributed by atoms with van der Waals surface area (Å²) in [6.07, 6.45) is 2.21. The van der Waals surface area contributed by atoms with Crippen LogP contribution in [0.4, 0.5) is 4.79 Å². The van der Waals surface area contributed by atoms with Gasteiger partial charge >= 0.3 is 6.03 Å². The number of aryl methyl sites for hydroxylation is 1. The van der Waals surface area contributed by atoms with E-state index in [2.05, 4.69) is 20.6 Å². The molecule has 0 bridgehead atoms. The average molecular weight is 326 g/mol. The first kappa shape index (κ1) is 17.2. The minimum absolute atomic E-state index is 0.00159.